The number of methoxy groups -OCH3 is 1. The van der Waals surface area contributed by atoms with Gasteiger partial charge in [0.1, 0.15) is 18.2 Å². The van der Waals surface area contributed by atoms with Crippen molar-refractivity contribution in [1.82, 2.24) is 20.2 Å². The molecule has 0 aliphatic carbocycles. The van der Waals surface area contributed by atoms with E-state index >= 15 is 0 Å². The number of H-pyrrole nitrogens is 1. The number of esters is 1. The highest BCUT2D eigenvalue weighted by Crippen LogP contribution is 2.07. The molecular formula is C16H24N4O7. The number of hydrogen-bond donors (Lipinski definition) is 3. The fourth-order valence-electron chi connectivity index (χ4n) is 1.95. The number of aromatic amines is 1. The highest BCUT2D eigenvalue weighted by atomic mass is 16.6. The van der Waals surface area contributed by atoms with Crippen LogP contribution < -0.4 is 21.9 Å². The molecule has 0 spiro atoms. The van der Waals surface area contributed by atoms with Crippen molar-refractivity contribution in [1.29, 1.82) is 0 Å². The second-order valence-corrected chi connectivity index (χ2v) is 6.72. The van der Waals surface area contributed by atoms with E-state index in [-0.39, 0.29) is 12.1 Å². The summed E-state index contributed by atoms with van der Waals surface area (Å²) in [5, 5.41) is 4.64. The Balaban J connectivity index is 3.02. The van der Waals surface area contributed by atoms with Crippen molar-refractivity contribution in [3.8, 4) is 0 Å². The third-order valence-corrected chi connectivity index (χ3v) is 3.21. The summed E-state index contributed by atoms with van der Waals surface area (Å²) in [6.45, 7) is 5.73. The van der Waals surface area contributed by atoms with E-state index in [0.29, 0.717) is 0 Å². The van der Waals surface area contributed by atoms with Crippen LogP contribution in [0, 0.1) is 6.92 Å². The molecule has 0 radical (unpaired) electrons. The normalized spacial score (nSPS) is 12.0. The van der Waals surface area contributed by atoms with Crippen LogP contribution >= 0.6 is 0 Å². The number of nitrogens with one attached hydrogen (secondary N) is 3. The Morgan fingerprint density at radius 1 is 1.26 bits per heavy atom. The monoisotopic (exact) mass is 384 g/mol. The molecule has 0 aliphatic rings. The van der Waals surface area contributed by atoms with Gasteiger partial charge in [0.25, 0.3) is 5.56 Å². The minimum absolute atomic E-state index is 0.251. The zero-order valence-electron chi connectivity index (χ0n) is 15.9. The largest absolute Gasteiger partial charge is 0.468 e. The van der Waals surface area contributed by atoms with Crippen molar-refractivity contribution in [3.05, 3.63) is 32.6 Å². The van der Waals surface area contributed by atoms with Gasteiger partial charge in [0, 0.05) is 11.8 Å². The molecule has 1 atom stereocenters. The van der Waals surface area contributed by atoms with Crippen molar-refractivity contribution in [3.63, 3.8) is 0 Å². The van der Waals surface area contributed by atoms with E-state index in [9.17, 15) is 24.0 Å². The number of carbonyl (C=O) groups excluding carboxylic acids is 3. The summed E-state index contributed by atoms with van der Waals surface area (Å²) >= 11 is 0. The van der Waals surface area contributed by atoms with E-state index in [0.717, 1.165) is 11.7 Å². The van der Waals surface area contributed by atoms with Crippen molar-refractivity contribution < 1.29 is 23.9 Å². The molecule has 2 amide bonds. The van der Waals surface area contributed by atoms with Crippen LogP contribution in [0.15, 0.2) is 15.8 Å². The van der Waals surface area contributed by atoms with E-state index in [1.807, 2.05) is 0 Å². The third kappa shape index (κ3) is 7.34. The molecular weight excluding hydrogens is 360 g/mol. The van der Waals surface area contributed by atoms with Crippen LogP contribution in [0.5, 0.6) is 0 Å². The average Bonchev–Trinajstić information content (AvgIpc) is 2.54. The predicted octanol–water partition coefficient (Wildman–Crippen LogP) is -0.972. The van der Waals surface area contributed by atoms with Crippen LogP contribution in [-0.2, 0) is 25.6 Å². The Kier molecular flexibility index (Phi) is 7.32. The van der Waals surface area contributed by atoms with Crippen molar-refractivity contribution in [2.75, 3.05) is 13.7 Å². The van der Waals surface area contributed by atoms with E-state index < -0.39 is 47.4 Å². The van der Waals surface area contributed by atoms with Gasteiger partial charge in [-0.2, -0.15) is 0 Å². The molecule has 0 aromatic carbocycles. The standard InChI is InChI=1S/C16H24N4O7/c1-9-7-20(14(24)19-12(9)22)8-10(13(23)17-6-11(21)26-5)18-15(25)27-16(2,3)4/h7,10H,6,8H2,1-5H3,(H,17,23)(H,18,25)(H,19,22,24)/t10-/m1/s1. The Hall–Kier alpha value is -3.11. The Bertz CT molecular complexity index is 819. The minimum atomic E-state index is -1.24. The quantitative estimate of drug-likeness (QED) is 0.534. The van der Waals surface area contributed by atoms with E-state index in [1.165, 1.54) is 13.1 Å². The molecule has 0 bridgehead atoms. The number of alkyl carbamates (subject to hydrolysis) is 1. The Morgan fingerprint density at radius 3 is 2.44 bits per heavy atom. The lowest BCUT2D eigenvalue weighted by atomic mass is 10.2. The molecule has 27 heavy (non-hydrogen) atoms. The number of aryl methyl sites for hydroxylation is 1. The molecule has 3 N–H and O–H groups in total. The number of aromatic nitrogens is 2. The molecule has 0 aliphatic heterocycles. The van der Waals surface area contributed by atoms with Crippen LogP contribution in [0.4, 0.5) is 4.79 Å². The van der Waals surface area contributed by atoms with Crippen molar-refractivity contribution in [2.45, 2.75) is 45.9 Å². The fourth-order valence-corrected chi connectivity index (χ4v) is 1.95. The van der Waals surface area contributed by atoms with Crippen molar-refractivity contribution >= 4 is 18.0 Å². The number of rotatable bonds is 6. The van der Waals surface area contributed by atoms with Crippen molar-refractivity contribution in [2.24, 2.45) is 0 Å². The van der Waals surface area contributed by atoms with Gasteiger partial charge in [-0.3, -0.25) is 23.9 Å². The lowest BCUT2D eigenvalue weighted by Gasteiger charge is -2.23. The molecule has 0 saturated carbocycles. The van der Waals surface area contributed by atoms with Crippen LogP contribution in [0.1, 0.15) is 26.3 Å². The summed E-state index contributed by atoms with van der Waals surface area (Å²) in [6.07, 6.45) is 0.383. The Morgan fingerprint density at radius 2 is 1.89 bits per heavy atom. The zero-order valence-corrected chi connectivity index (χ0v) is 15.9. The van der Waals surface area contributed by atoms with E-state index in [2.05, 4.69) is 20.4 Å². The predicted molar refractivity (Wildman–Crippen MR) is 94.2 cm³/mol. The molecule has 0 saturated heterocycles. The average molecular weight is 384 g/mol. The summed E-state index contributed by atoms with van der Waals surface area (Å²) in [4.78, 5) is 61.1. The number of nitrogens with zero attached hydrogens (tertiary/aromatic N) is 1. The first-order valence-electron chi connectivity index (χ1n) is 8.07. The SMILES string of the molecule is COC(=O)CNC(=O)[C@@H](Cn1cc(C)c(=O)[nH]c1=O)NC(=O)OC(C)(C)C. The third-order valence-electron chi connectivity index (χ3n) is 3.21. The minimum Gasteiger partial charge on any atom is -0.468 e. The maximum absolute atomic E-state index is 12.4. The number of hydrogen-bond acceptors (Lipinski definition) is 7. The molecule has 0 unspecified atom stereocenters. The highest BCUT2D eigenvalue weighted by Gasteiger charge is 2.25. The lowest BCUT2D eigenvalue weighted by Crippen LogP contribution is -2.52. The van der Waals surface area contributed by atoms with Gasteiger partial charge >= 0.3 is 17.8 Å². The second-order valence-electron chi connectivity index (χ2n) is 6.72. The summed E-state index contributed by atoms with van der Waals surface area (Å²) < 4.78 is 10.6. The van der Waals surface area contributed by atoms with Crippen LogP contribution in [0.2, 0.25) is 0 Å². The topological polar surface area (TPSA) is 149 Å². The molecule has 0 fully saturated rings. The molecule has 1 rings (SSSR count). The maximum Gasteiger partial charge on any atom is 0.408 e. The van der Waals surface area contributed by atoms with E-state index in [1.54, 1.807) is 20.8 Å². The summed E-state index contributed by atoms with van der Waals surface area (Å²) in [6, 6.07) is -1.24. The van der Waals surface area contributed by atoms with E-state index in [4.69, 9.17) is 4.74 Å². The van der Waals surface area contributed by atoms with Crippen LogP contribution in [-0.4, -0.2) is 52.8 Å². The highest BCUT2D eigenvalue weighted by molar-refractivity contribution is 5.88. The summed E-state index contributed by atoms with van der Waals surface area (Å²) in [7, 11) is 1.16. The zero-order chi connectivity index (χ0) is 20.8. The van der Waals surface area contributed by atoms with Gasteiger partial charge in [-0.25, -0.2) is 9.59 Å². The van der Waals surface area contributed by atoms with Gasteiger partial charge in [-0.1, -0.05) is 0 Å². The molecule has 1 heterocycles. The van der Waals surface area contributed by atoms with Gasteiger partial charge in [0.05, 0.1) is 13.7 Å². The first kappa shape index (κ1) is 21.9. The van der Waals surface area contributed by atoms with Crippen LogP contribution in [0.25, 0.3) is 0 Å². The molecule has 150 valence electrons. The van der Waals surface area contributed by atoms with Gasteiger partial charge < -0.3 is 20.1 Å². The number of ether oxygens (including phenoxy) is 2. The van der Waals surface area contributed by atoms with Gasteiger partial charge in [-0.05, 0) is 27.7 Å². The van der Waals surface area contributed by atoms with Gasteiger partial charge in [0.15, 0.2) is 0 Å². The van der Waals surface area contributed by atoms with Crippen LogP contribution in [0.3, 0.4) is 0 Å². The van der Waals surface area contributed by atoms with Gasteiger partial charge in [-0.15, -0.1) is 0 Å². The first-order chi connectivity index (χ1) is 12.4. The number of amides is 2. The first-order valence-corrected chi connectivity index (χ1v) is 8.07. The lowest BCUT2D eigenvalue weighted by molar-refractivity contribution is -0.141. The second kappa shape index (κ2) is 9.01. The Labute approximate surface area is 155 Å². The molecule has 11 nitrogen and oxygen atoms in total. The molecule has 11 heteroatoms. The maximum atomic E-state index is 12.4. The van der Waals surface area contributed by atoms with Gasteiger partial charge in [0.2, 0.25) is 5.91 Å². The fraction of sp³-hybridized carbons (Fsp3) is 0.562. The molecule has 1 aromatic heterocycles. The summed E-state index contributed by atoms with van der Waals surface area (Å²) in [5.41, 5.74) is -1.85. The number of carbonyl (C=O) groups is 3. The molecule has 1 aromatic rings. The smallest absolute Gasteiger partial charge is 0.408 e. The summed E-state index contributed by atoms with van der Waals surface area (Å²) in [5.74, 6) is -1.42.